The van der Waals surface area contributed by atoms with Crippen molar-refractivity contribution in [2.45, 2.75) is 49.9 Å². The van der Waals surface area contributed by atoms with E-state index in [0.717, 1.165) is 0 Å². The summed E-state index contributed by atoms with van der Waals surface area (Å²) in [5, 5.41) is 34.6. The van der Waals surface area contributed by atoms with E-state index in [4.69, 9.17) is 11.5 Å². The van der Waals surface area contributed by atoms with Crippen LogP contribution in [0.1, 0.15) is 24.8 Å². The molecule has 0 saturated heterocycles. The Hall–Kier alpha value is -3.85. The van der Waals surface area contributed by atoms with Crippen LogP contribution in [0.5, 0.6) is 5.75 Å². The second kappa shape index (κ2) is 15.3. The summed E-state index contributed by atoms with van der Waals surface area (Å²) in [6, 6.07) is -0.270. The Kier molecular flexibility index (Phi) is 12.9. The van der Waals surface area contributed by atoms with Crippen LogP contribution in [0, 0.1) is 0 Å². The van der Waals surface area contributed by atoms with Gasteiger partial charge in [-0.3, -0.25) is 24.0 Å². The van der Waals surface area contributed by atoms with Crippen molar-refractivity contribution >= 4 is 47.3 Å². The van der Waals surface area contributed by atoms with Crippen LogP contribution < -0.4 is 27.4 Å². The van der Waals surface area contributed by atoms with E-state index in [9.17, 15) is 44.1 Å². The Labute approximate surface area is 216 Å². The Morgan fingerprint density at radius 2 is 1.38 bits per heavy atom. The molecule has 0 bridgehead atoms. The predicted octanol–water partition coefficient (Wildman–Crippen LogP) is -2.10. The molecule has 4 atom stereocenters. The monoisotopic (exact) mass is 541 g/mol. The number of phenols is 1. The lowest BCUT2D eigenvalue weighted by Gasteiger charge is -2.24. The fraction of sp³-hybridized carbons (Fsp3) is 0.455. The van der Waals surface area contributed by atoms with Gasteiger partial charge in [0.1, 0.15) is 23.9 Å². The molecular formula is C22H31N5O9S. The summed E-state index contributed by atoms with van der Waals surface area (Å²) in [4.78, 5) is 72.4. The SMILES string of the molecule is CSCC[C@H](N)C(=O)N[C@@H](CC(N)=O)C(=O)N[C@@H](CC(=O)O)C(=O)N[C@@H](Cc1ccc(O)cc1)C(=O)O. The van der Waals surface area contributed by atoms with Crippen molar-refractivity contribution in [2.24, 2.45) is 11.5 Å². The van der Waals surface area contributed by atoms with Gasteiger partial charge >= 0.3 is 11.9 Å². The highest BCUT2D eigenvalue weighted by molar-refractivity contribution is 7.98. The summed E-state index contributed by atoms with van der Waals surface area (Å²) in [7, 11) is 0. The minimum absolute atomic E-state index is 0.0493. The number of nitrogens with two attached hydrogens (primary N) is 2. The van der Waals surface area contributed by atoms with Gasteiger partial charge in [-0.05, 0) is 36.1 Å². The van der Waals surface area contributed by atoms with Gasteiger partial charge in [-0.15, -0.1) is 0 Å². The van der Waals surface area contributed by atoms with Crippen molar-refractivity contribution in [2.75, 3.05) is 12.0 Å². The molecule has 0 aromatic heterocycles. The van der Waals surface area contributed by atoms with Gasteiger partial charge in [-0.25, -0.2) is 4.79 Å². The summed E-state index contributed by atoms with van der Waals surface area (Å²) in [6.45, 7) is 0. The molecule has 1 aromatic carbocycles. The molecular weight excluding hydrogens is 510 g/mol. The van der Waals surface area contributed by atoms with E-state index < -0.39 is 72.6 Å². The lowest BCUT2D eigenvalue weighted by Crippen LogP contribution is -2.58. The van der Waals surface area contributed by atoms with Crippen molar-refractivity contribution in [1.82, 2.24) is 16.0 Å². The number of carbonyl (C=O) groups excluding carboxylic acids is 4. The lowest BCUT2D eigenvalue weighted by molar-refractivity contribution is -0.143. The number of aromatic hydroxyl groups is 1. The first kappa shape index (κ1) is 31.2. The number of benzene rings is 1. The summed E-state index contributed by atoms with van der Waals surface area (Å²) in [6.07, 6.45) is 0.296. The largest absolute Gasteiger partial charge is 0.508 e. The molecule has 204 valence electrons. The minimum Gasteiger partial charge on any atom is -0.508 e. The van der Waals surface area contributed by atoms with Crippen LogP contribution in [-0.4, -0.2) is 87.1 Å². The highest BCUT2D eigenvalue weighted by atomic mass is 32.2. The maximum Gasteiger partial charge on any atom is 0.326 e. The average Bonchev–Trinajstić information content (AvgIpc) is 2.81. The van der Waals surface area contributed by atoms with Crippen LogP contribution in [0.2, 0.25) is 0 Å². The molecule has 0 spiro atoms. The van der Waals surface area contributed by atoms with Gasteiger partial charge < -0.3 is 42.7 Å². The number of thioether (sulfide) groups is 1. The third kappa shape index (κ3) is 11.6. The molecule has 4 amide bonds. The lowest BCUT2D eigenvalue weighted by atomic mass is 10.0. The molecule has 1 aromatic rings. The van der Waals surface area contributed by atoms with E-state index in [1.54, 1.807) is 6.26 Å². The van der Waals surface area contributed by atoms with Gasteiger partial charge in [0.2, 0.25) is 23.6 Å². The highest BCUT2D eigenvalue weighted by Gasteiger charge is 2.32. The van der Waals surface area contributed by atoms with Crippen molar-refractivity contribution in [3.8, 4) is 5.75 Å². The van der Waals surface area contributed by atoms with Gasteiger partial charge in [0, 0.05) is 6.42 Å². The Morgan fingerprint density at radius 3 is 1.86 bits per heavy atom. The fourth-order valence-electron chi connectivity index (χ4n) is 3.06. The zero-order valence-electron chi connectivity index (χ0n) is 20.0. The van der Waals surface area contributed by atoms with E-state index in [1.165, 1.54) is 36.0 Å². The molecule has 0 unspecified atom stereocenters. The smallest absolute Gasteiger partial charge is 0.326 e. The van der Waals surface area contributed by atoms with E-state index in [0.29, 0.717) is 11.3 Å². The molecule has 0 heterocycles. The zero-order chi connectivity index (χ0) is 28.1. The van der Waals surface area contributed by atoms with Crippen molar-refractivity contribution < 1.29 is 44.1 Å². The number of amides is 4. The van der Waals surface area contributed by atoms with E-state index >= 15 is 0 Å². The summed E-state index contributed by atoms with van der Waals surface area (Å²) in [5.41, 5.74) is 11.4. The molecule has 0 fully saturated rings. The molecule has 14 nitrogen and oxygen atoms in total. The highest BCUT2D eigenvalue weighted by Crippen LogP contribution is 2.12. The average molecular weight is 542 g/mol. The summed E-state index contributed by atoms with van der Waals surface area (Å²) < 4.78 is 0. The van der Waals surface area contributed by atoms with Crippen LogP contribution >= 0.6 is 11.8 Å². The topological polar surface area (TPSA) is 251 Å². The second-order valence-corrected chi connectivity index (χ2v) is 9.03. The van der Waals surface area contributed by atoms with Gasteiger partial charge in [-0.1, -0.05) is 12.1 Å². The van der Waals surface area contributed by atoms with Gasteiger partial charge in [-0.2, -0.15) is 11.8 Å². The van der Waals surface area contributed by atoms with Crippen molar-refractivity contribution in [3.63, 3.8) is 0 Å². The molecule has 37 heavy (non-hydrogen) atoms. The van der Waals surface area contributed by atoms with Gasteiger partial charge in [0.05, 0.1) is 18.9 Å². The molecule has 0 radical (unpaired) electrons. The predicted molar refractivity (Wildman–Crippen MR) is 132 cm³/mol. The van der Waals surface area contributed by atoms with Crippen molar-refractivity contribution in [3.05, 3.63) is 29.8 Å². The Balaban J connectivity index is 3.01. The minimum atomic E-state index is -1.75. The van der Waals surface area contributed by atoms with E-state index in [-0.39, 0.29) is 18.6 Å². The van der Waals surface area contributed by atoms with Gasteiger partial charge in [0.15, 0.2) is 0 Å². The molecule has 1 rings (SSSR count). The standard InChI is InChI=1S/C22H31N5O9S/c1-37-7-6-13(23)19(32)25-14(9-17(24)29)20(33)26-15(10-18(30)31)21(34)27-16(22(35)36)8-11-2-4-12(28)5-3-11/h2-5,13-16,28H,6-10,23H2,1H3,(H2,24,29)(H,25,32)(H,26,33)(H,27,34)(H,30,31)(H,35,36)/t13-,14-,15-,16-/m0/s1. The van der Waals surface area contributed by atoms with Crippen LogP contribution in [0.25, 0.3) is 0 Å². The number of primary amides is 1. The van der Waals surface area contributed by atoms with Crippen molar-refractivity contribution in [1.29, 1.82) is 0 Å². The first-order valence-electron chi connectivity index (χ1n) is 11.0. The first-order valence-corrected chi connectivity index (χ1v) is 12.4. The molecule has 0 aliphatic heterocycles. The fourth-order valence-corrected chi connectivity index (χ4v) is 3.55. The van der Waals surface area contributed by atoms with Crippen LogP contribution in [0.4, 0.5) is 0 Å². The van der Waals surface area contributed by atoms with E-state index in [1.807, 2.05) is 0 Å². The van der Waals surface area contributed by atoms with E-state index in [2.05, 4.69) is 16.0 Å². The third-order valence-electron chi connectivity index (χ3n) is 5.01. The maximum absolute atomic E-state index is 12.8. The third-order valence-corrected chi connectivity index (χ3v) is 5.65. The molecule has 0 saturated carbocycles. The number of rotatable bonds is 16. The summed E-state index contributed by atoms with van der Waals surface area (Å²) >= 11 is 1.44. The second-order valence-electron chi connectivity index (χ2n) is 8.05. The zero-order valence-corrected chi connectivity index (χ0v) is 20.8. The molecule has 0 aliphatic carbocycles. The number of carboxylic acid groups (broad SMARTS) is 2. The number of hydrogen-bond acceptors (Lipinski definition) is 9. The maximum atomic E-state index is 12.8. The first-order chi connectivity index (χ1) is 17.3. The normalized spacial score (nSPS) is 13.9. The number of carboxylic acids is 2. The summed E-state index contributed by atoms with van der Waals surface area (Å²) in [5.74, 6) is -6.34. The number of nitrogens with one attached hydrogen (secondary N) is 3. The molecule has 0 aliphatic rings. The Bertz CT molecular complexity index is 989. The molecule has 10 N–H and O–H groups in total. The molecule has 15 heteroatoms. The van der Waals surface area contributed by atoms with Crippen LogP contribution in [0.15, 0.2) is 24.3 Å². The number of hydrogen-bond donors (Lipinski definition) is 8. The quantitative estimate of drug-likeness (QED) is 0.112. The number of carbonyl (C=O) groups is 6. The van der Waals surface area contributed by atoms with Crippen LogP contribution in [-0.2, 0) is 35.2 Å². The van der Waals surface area contributed by atoms with Crippen LogP contribution in [0.3, 0.4) is 0 Å². The number of aliphatic carboxylic acids is 2. The number of phenolic OH excluding ortho intramolecular Hbond substituents is 1. The van der Waals surface area contributed by atoms with Gasteiger partial charge in [0.25, 0.3) is 0 Å². The Morgan fingerprint density at radius 1 is 0.865 bits per heavy atom.